The first kappa shape index (κ1) is 21.2. The third kappa shape index (κ3) is 4.57. The molecule has 3 heterocycles. The molecule has 2 aliphatic heterocycles. The molecule has 0 unspecified atom stereocenters. The maximum absolute atomic E-state index is 13.4. The number of fused-ring (bicyclic) bond motifs is 2. The Bertz CT molecular complexity index is 1110. The van der Waals surface area contributed by atoms with E-state index in [0.29, 0.717) is 18.7 Å². The Kier molecular flexibility index (Phi) is 6.25. The number of para-hydroxylation sites is 1. The maximum atomic E-state index is 13.4. The molecule has 1 amide bonds. The van der Waals surface area contributed by atoms with Crippen LogP contribution in [0.5, 0.6) is 11.5 Å². The van der Waals surface area contributed by atoms with Gasteiger partial charge in [0.1, 0.15) is 0 Å². The van der Waals surface area contributed by atoms with Crippen molar-refractivity contribution in [1.82, 2.24) is 9.88 Å². The zero-order valence-corrected chi connectivity index (χ0v) is 19.0. The largest absolute Gasteiger partial charge is 0.454 e. The second-order valence-electron chi connectivity index (χ2n) is 8.14. The summed E-state index contributed by atoms with van der Waals surface area (Å²) in [4.78, 5) is 22.5. The first-order valence-corrected chi connectivity index (χ1v) is 11.8. The number of benzene rings is 2. The standard InChI is InChI=1S/C24H27N3O4S/c1-17-4-2-5-21-23(17)25-24(32-21)27(9-3-8-26-10-12-29-13-11-26)22(28)15-18-6-7-19-20(14-18)31-16-30-19/h2,4-7,14H,3,8-13,15-16H2,1H3. The highest BCUT2D eigenvalue weighted by atomic mass is 32.1. The molecule has 0 atom stereocenters. The molecular formula is C24H27N3O4S. The van der Waals surface area contributed by atoms with Crippen LogP contribution in [0.4, 0.5) is 5.13 Å². The van der Waals surface area contributed by atoms with Crippen LogP contribution in [0, 0.1) is 6.92 Å². The summed E-state index contributed by atoms with van der Waals surface area (Å²) in [5.74, 6) is 1.47. The Morgan fingerprint density at radius 3 is 2.84 bits per heavy atom. The highest BCUT2D eigenvalue weighted by molar-refractivity contribution is 7.22. The van der Waals surface area contributed by atoms with E-state index < -0.39 is 0 Å². The van der Waals surface area contributed by atoms with Gasteiger partial charge in [0.2, 0.25) is 12.7 Å². The summed E-state index contributed by atoms with van der Waals surface area (Å²) >= 11 is 1.58. The summed E-state index contributed by atoms with van der Waals surface area (Å²) in [5.41, 5.74) is 3.01. The molecule has 2 aliphatic rings. The van der Waals surface area contributed by atoms with Gasteiger partial charge in [-0.05, 0) is 42.7 Å². The van der Waals surface area contributed by atoms with Gasteiger partial charge >= 0.3 is 0 Å². The Labute approximate surface area is 191 Å². The third-order valence-electron chi connectivity index (χ3n) is 5.89. The van der Waals surface area contributed by atoms with E-state index in [2.05, 4.69) is 24.0 Å². The maximum Gasteiger partial charge on any atom is 0.233 e. The lowest BCUT2D eigenvalue weighted by Gasteiger charge is -2.27. The molecule has 0 spiro atoms. The van der Waals surface area contributed by atoms with Gasteiger partial charge in [0, 0.05) is 26.2 Å². The molecule has 1 fully saturated rings. The fourth-order valence-electron chi connectivity index (χ4n) is 4.12. The van der Waals surface area contributed by atoms with E-state index in [0.717, 1.165) is 71.5 Å². The molecule has 7 nitrogen and oxygen atoms in total. The van der Waals surface area contributed by atoms with Crippen LogP contribution in [0.1, 0.15) is 17.5 Å². The van der Waals surface area contributed by atoms with Crippen LogP contribution in [0.2, 0.25) is 0 Å². The van der Waals surface area contributed by atoms with Crippen molar-refractivity contribution in [3.63, 3.8) is 0 Å². The third-order valence-corrected chi connectivity index (χ3v) is 6.94. The van der Waals surface area contributed by atoms with Crippen LogP contribution < -0.4 is 14.4 Å². The number of aryl methyl sites for hydroxylation is 1. The average Bonchev–Trinajstić information content (AvgIpc) is 3.44. The molecule has 3 aromatic rings. The lowest BCUT2D eigenvalue weighted by Crippen LogP contribution is -2.39. The van der Waals surface area contributed by atoms with E-state index in [4.69, 9.17) is 19.2 Å². The molecule has 0 bridgehead atoms. The van der Waals surface area contributed by atoms with E-state index in [9.17, 15) is 4.79 Å². The number of amides is 1. The molecule has 0 saturated carbocycles. The van der Waals surface area contributed by atoms with Crippen LogP contribution in [0.3, 0.4) is 0 Å². The van der Waals surface area contributed by atoms with Crippen molar-refractivity contribution in [2.24, 2.45) is 0 Å². The number of ether oxygens (including phenoxy) is 3. The molecule has 8 heteroatoms. The molecule has 0 N–H and O–H groups in total. The number of hydrogen-bond acceptors (Lipinski definition) is 7. The molecule has 1 aromatic heterocycles. The van der Waals surface area contributed by atoms with Crippen LogP contribution in [0.15, 0.2) is 36.4 Å². The van der Waals surface area contributed by atoms with Gasteiger partial charge in [0.25, 0.3) is 0 Å². The van der Waals surface area contributed by atoms with Crippen molar-refractivity contribution in [2.45, 2.75) is 19.8 Å². The van der Waals surface area contributed by atoms with Gasteiger partial charge in [-0.25, -0.2) is 4.98 Å². The minimum absolute atomic E-state index is 0.0440. The minimum Gasteiger partial charge on any atom is -0.454 e. The Balaban J connectivity index is 1.35. The smallest absolute Gasteiger partial charge is 0.233 e. The SMILES string of the molecule is Cc1cccc2sc(N(CCCN3CCOCC3)C(=O)Cc3ccc4c(c3)OCO4)nc12. The highest BCUT2D eigenvalue weighted by Gasteiger charge is 2.22. The predicted octanol–water partition coefficient (Wildman–Crippen LogP) is 3.63. The number of carbonyl (C=O) groups is 1. The molecule has 168 valence electrons. The van der Waals surface area contributed by atoms with Crippen LogP contribution in [-0.4, -0.2) is 62.0 Å². The number of rotatable bonds is 7. The van der Waals surface area contributed by atoms with Gasteiger partial charge in [0.05, 0.1) is 29.9 Å². The normalized spacial score (nSPS) is 15.9. The van der Waals surface area contributed by atoms with Gasteiger partial charge in [0.15, 0.2) is 16.6 Å². The second-order valence-corrected chi connectivity index (χ2v) is 9.14. The summed E-state index contributed by atoms with van der Waals surface area (Å²) in [7, 11) is 0. The highest BCUT2D eigenvalue weighted by Crippen LogP contribution is 2.34. The van der Waals surface area contributed by atoms with Gasteiger partial charge < -0.3 is 14.2 Å². The fourth-order valence-corrected chi connectivity index (χ4v) is 5.20. The van der Waals surface area contributed by atoms with Crippen molar-refractivity contribution in [2.75, 3.05) is 51.1 Å². The first-order valence-electron chi connectivity index (χ1n) is 11.0. The number of aromatic nitrogens is 1. The minimum atomic E-state index is 0.0440. The fraction of sp³-hybridized carbons (Fsp3) is 0.417. The van der Waals surface area contributed by atoms with Crippen molar-refractivity contribution >= 4 is 32.6 Å². The summed E-state index contributed by atoms with van der Waals surface area (Å²) in [6.07, 6.45) is 1.19. The Morgan fingerprint density at radius 1 is 1.16 bits per heavy atom. The van der Waals surface area contributed by atoms with Crippen LogP contribution in [0.25, 0.3) is 10.2 Å². The van der Waals surface area contributed by atoms with Crippen molar-refractivity contribution in [3.8, 4) is 11.5 Å². The topological polar surface area (TPSA) is 64.1 Å². The summed E-state index contributed by atoms with van der Waals surface area (Å²) in [6.45, 7) is 7.33. The van der Waals surface area contributed by atoms with E-state index >= 15 is 0 Å². The summed E-state index contributed by atoms with van der Waals surface area (Å²) in [6, 6.07) is 11.9. The van der Waals surface area contributed by atoms with Gasteiger partial charge in [-0.15, -0.1) is 0 Å². The zero-order chi connectivity index (χ0) is 21.9. The number of morpholine rings is 1. The van der Waals surface area contributed by atoms with E-state index in [1.54, 1.807) is 11.3 Å². The monoisotopic (exact) mass is 453 g/mol. The van der Waals surface area contributed by atoms with Crippen molar-refractivity contribution < 1.29 is 19.0 Å². The van der Waals surface area contributed by atoms with Crippen molar-refractivity contribution in [1.29, 1.82) is 0 Å². The molecule has 0 aliphatic carbocycles. The summed E-state index contributed by atoms with van der Waals surface area (Å²) in [5, 5.41) is 0.766. The Hall–Kier alpha value is -2.68. The summed E-state index contributed by atoms with van der Waals surface area (Å²) < 4.78 is 17.4. The molecule has 5 rings (SSSR count). The quantitative estimate of drug-likeness (QED) is 0.544. The van der Waals surface area contributed by atoms with Crippen molar-refractivity contribution in [3.05, 3.63) is 47.5 Å². The number of hydrogen-bond donors (Lipinski definition) is 0. The average molecular weight is 454 g/mol. The Morgan fingerprint density at radius 2 is 2.00 bits per heavy atom. The van der Waals surface area contributed by atoms with E-state index in [1.807, 2.05) is 29.2 Å². The molecule has 32 heavy (non-hydrogen) atoms. The second kappa shape index (κ2) is 9.44. The van der Waals surface area contributed by atoms with Gasteiger partial charge in [-0.1, -0.05) is 29.5 Å². The molecular weight excluding hydrogens is 426 g/mol. The predicted molar refractivity (Wildman–Crippen MR) is 125 cm³/mol. The zero-order valence-electron chi connectivity index (χ0n) is 18.2. The lowest BCUT2D eigenvalue weighted by atomic mass is 10.1. The van der Waals surface area contributed by atoms with Crippen LogP contribution >= 0.6 is 11.3 Å². The lowest BCUT2D eigenvalue weighted by molar-refractivity contribution is -0.118. The number of thiazole rings is 1. The van der Waals surface area contributed by atoms with Gasteiger partial charge in [-0.2, -0.15) is 0 Å². The van der Waals surface area contributed by atoms with E-state index in [-0.39, 0.29) is 12.7 Å². The number of nitrogens with zero attached hydrogens (tertiary/aromatic N) is 3. The first-order chi connectivity index (χ1) is 15.7. The van der Waals surface area contributed by atoms with Gasteiger partial charge in [-0.3, -0.25) is 14.6 Å². The van der Waals surface area contributed by atoms with Crippen LogP contribution in [-0.2, 0) is 16.0 Å². The number of carbonyl (C=O) groups excluding carboxylic acids is 1. The molecule has 1 saturated heterocycles. The number of anilines is 1. The van der Waals surface area contributed by atoms with E-state index in [1.165, 1.54) is 0 Å². The molecule has 0 radical (unpaired) electrons. The molecule has 2 aromatic carbocycles.